The van der Waals surface area contributed by atoms with E-state index in [1.54, 1.807) is 24.3 Å². The summed E-state index contributed by atoms with van der Waals surface area (Å²) in [6, 6.07) is 20.2. The first-order chi connectivity index (χ1) is 19.4. The van der Waals surface area contributed by atoms with E-state index in [4.69, 9.17) is 4.74 Å². The molecule has 0 N–H and O–H groups in total. The highest BCUT2D eigenvalue weighted by molar-refractivity contribution is 7.94. The van der Waals surface area contributed by atoms with Crippen LogP contribution < -0.4 is 9.30 Å². The fraction of sp³-hybridized carbons (Fsp3) is 0.343. The summed E-state index contributed by atoms with van der Waals surface area (Å²) in [6.07, 6.45) is 4.17. The largest absolute Gasteiger partial charge is 0.472 e. The molecule has 1 heterocycles. The summed E-state index contributed by atoms with van der Waals surface area (Å²) in [4.78, 5) is 0.183. The second-order valence-corrected chi connectivity index (χ2v) is 13.7. The van der Waals surface area contributed by atoms with Crippen LogP contribution in [0.25, 0.3) is 11.4 Å². The summed E-state index contributed by atoms with van der Waals surface area (Å²) in [5.74, 6) is 1.73. The van der Waals surface area contributed by atoms with Gasteiger partial charge in [-0.2, -0.15) is 9.13 Å². The third-order valence-corrected chi connectivity index (χ3v) is 8.89. The van der Waals surface area contributed by atoms with Gasteiger partial charge < -0.3 is 4.74 Å². The van der Waals surface area contributed by atoms with Gasteiger partial charge in [0.25, 0.3) is 0 Å². The molecule has 41 heavy (non-hydrogen) atoms. The molecule has 0 aliphatic carbocycles. The molecule has 6 heteroatoms. The molecule has 0 spiro atoms. The van der Waals surface area contributed by atoms with Crippen LogP contribution in [-0.2, 0) is 9.84 Å². The van der Waals surface area contributed by atoms with Crippen LogP contribution in [0, 0.1) is 0 Å². The molecule has 0 bridgehead atoms. The maximum absolute atomic E-state index is 12.3. The Hall–Kier alpha value is -3.64. The number of ether oxygens (including phenoxy) is 1. The van der Waals surface area contributed by atoms with E-state index in [1.165, 1.54) is 22.3 Å². The average Bonchev–Trinajstić information content (AvgIpc) is 3.34. The minimum absolute atomic E-state index is 0.183. The van der Waals surface area contributed by atoms with Crippen molar-refractivity contribution in [1.29, 1.82) is 0 Å². The Morgan fingerprint density at radius 2 is 1.20 bits per heavy atom. The molecule has 1 aromatic heterocycles. The summed E-state index contributed by atoms with van der Waals surface area (Å²) in [5, 5.41) is 0.967. The van der Waals surface area contributed by atoms with Crippen molar-refractivity contribution in [1.82, 2.24) is 4.57 Å². The van der Waals surface area contributed by atoms with Crippen LogP contribution in [0.5, 0.6) is 11.8 Å². The highest BCUT2D eigenvalue weighted by Gasteiger charge is 2.31. The van der Waals surface area contributed by atoms with Crippen LogP contribution in [0.2, 0.25) is 0 Å². The van der Waals surface area contributed by atoms with Crippen molar-refractivity contribution in [2.24, 2.45) is 0 Å². The van der Waals surface area contributed by atoms with Gasteiger partial charge in [-0.05, 0) is 47.9 Å². The number of imidazole rings is 1. The van der Waals surface area contributed by atoms with Gasteiger partial charge >= 0.3 is 6.01 Å². The van der Waals surface area contributed by atoms with Crippen molar-refractivity contribution in [3.05, 3.63) is 107 Å². The predicted molar refractivity (Wildman–Crippen MR) is 168 cm³/mol. The minimum atomic E-state index is -3.54. The van der Waals surface area contributed by atoms with E-state index >= 15 is 0 Å². The van der Waals surface area contributed by atoms with E-state index in [2.05, 4.69) is 120 Å². The van der Waals surface area contributed by atoms with Gasteiger partial charge in [0, 0.05) is 27.7 Å². The van der Waals surface area contributed by atoms with E-state index in [1.807, 2.05) is 0 Å². The zero-order valence-corrected chi connectivity index (χ0v) is 26.4. The number of nitrogens with zero attached hydrogens (tertiary/aromatic N) is 2. The number of hydrogen-bond donors (Lipinski definition) is 0. The molecule has 0 atom stereocenters. The quantitative estimate of drug-likeness (QED) is 0.179. The molecule has 4 aromatic rings. The molecule has 0 unspecified atom stereocenters. The number of sulfone groups is 1. The fourth-order valence-electron chi connectivity index (χ4n) is 5.29. The van der Waals surface area contributed by atoms with Crippen molar-refractivity contribution in [3.8, 4) is 23.1 Å². The molecular weight excluding hydrogens is 528 g/mol. The van der Waals surface area contributed by atoms with Crippen molar-refractivity contribution < 1.29 is 17.7 Å². The van der Waals surface area contributed by atoms with Crippen LogP contribution >= 0.6 is 0 Å². The maximum atomic E-state index is 12.3. The molecule has 5 nitrogen and oxygen atoms in total. The zero-order valence-electron chi connectivity index (χ0n) is 25.5. The summed E-state index contributed by atoms with van der Waals surface area (Å²) in [5.41, 5.74) is 7.17. The molecular formula is C35H43N2O3S+. The number of aromatic nitrogens is 2. The van der Waals surface area contributed by atoms with Gasteiger partial charge in [0.05, 0.1) is 4.90 Å². The first-order valence-electron chi connectivity index (χ1n) is 14.4. The van der Waals surface area contributed by atoms with Crippen molar-refractivity contribution in [2.45, 2.75) is 84.0 Å². The van der Waals surface area contributed by atoms with Crippen LogP contribution in [-0.4, -0.2) is 13.0 Å². The summed E-state index contributed by atoms with van der Waals surface area (Å²) in [7, 11) is -3.54. The zero-order chi connectivity index (χ0) is 30.1. The highest BCUT2D eigenvalue weighted by Crippen LogP contribution is 2.36. The first-order valence-corrected chi connectivity index (χ1v) is 16.0. The van der Waals surface area contributed by atoms with E-state index in [0.29, 0.717) is 35.4 Å². The van der Waals surface area contributed by atoms with Gasteiger partial charge in [-0.15, -0.1) is 0 Å². The Morgan fingerprint density at radius 1 is 0.732 bits per heavy atom. The second kappa shape index (κ2) is 12.1. The van der Waals surface area contributed by atoms with E-state index in [-0.39, 0.29) is 4.90 Å². The molecule has 0 saturated heterocycles. The predicted octanol–water partition coefficient (Wildman–Crippen LogP) is 8.96. The van der Waals surface area contributed by atoms with Crippen molar-refractivity contribution >= 4 is 9.84 Å². The lowest BCUT2D eigenvalue weighted by molar-refractivity contribution is -0.602. The summed E-state index contributed by atoms with van der Waals surface area (Å²) < 4.78 is 35.7. The number of para-hydroxylation sites is 2. The van der Waals surface area contributed by atoms with Gasteiger partial charge in [0.1, 0.15) is 29.5 Å². The van der Waals surface area contributed by atoms with Crippen molar-refractivity contribution in [2.75, 3.05) is 0 Å². The third kappa shape index (κ3) is 6.03. The Morgan fingerprint density at radius 3 is 1.63 bits per heavy atom. The Balaban J connectivity index is 2.05. The van der Waals surface area contributed by atoms with E-state index < -0.39 is 9.84 Å². The molecule has 0 radical (unpaired) electrons. The summed E-state index contributed by atoms with van der Waals surface area (Å²) in [6.45, 7) is 21.2. The molecule has 0 amide bonds. The first kappa shape index (κ1) is 30.3. The van der Waals surface area contributed by atoms with Gasteiger partial charge in [-0.25, -0.2) is 8.42 Å². The van der Waals surface area contributed by atoms with Crippen LogP contribution in [0.3, 0.4) is 0 Å². The number of benzene rings is 3. The van der Waals surface area contributed by atoms with E-state index in [9.17, 15) is 8.42 Å². The molecule has 3 aromatic carbocycles. The molecule has 0 aliphatic rings. The van der Waals surface area contributed by atoms with Gasteiger partial charge in [-0.3, -0.25) is 0 Å². The van der Waals surface area contributed by atoms with E-state index in [0.717, 1.165) is 16.8 Å². The molecule has 216 valence electrons. The normalized spacial score (nSPS) is 12.1. The lowest BCUT2D eigenvalue weighted by atomic mass is 9.92. The standard InChI is InChI=1S/C35H43N2O3S/c1-10-41(38,39)28-19-17-27(18-20-28)40-35-36(33-29(23(2)3)13-11-14-30(33)24(4)5)21-22-37(35)34-31(25(6)7)15-12-16-32(34)26(8)9/h10-26H,1H2,2-9H3/q+1. The average molecular weight is 572 g/mol. The molecule has 0 fully saturated rings. The number of rotatable bonds is 10. The number of hydrogen-bond acceptors (Lipinski definition) is 3. The van der Waals surface area contributed by atoms with Gasteiger partial charge in [0.2, 0.25) is 0 Å². The van der Waals surface area contributed by atoms with Crippen LogP contribution in [0.4, 0.5) is 0 Å². The van der Waals surface area contributed by atoms with Gasteiger partial charge in [0.15, 0.2) is 9.84 Å². The lowest BCUT2D eigenvalue weighted by Crippen LogP contribution is -2.34. The topological polar surface area (TPSA) is 52.2 Å². The molecule has 0 aliphatic heterocycles. The molecule has 0 saturated carbocycles. The highest BCUT2D eigenvalue weighted by atomic mass is 32.2. The van der Waals surface area contributed by atoms with Crippen molar-refractivity contribution in [3.63, 3.8) is 0 Å². The SMILES string of the molecule is C=CS(=O)(=O)c1ccc(Oc2n(-c3c(C(C)C)cccc3C(C)C)cc[n+]2-c2c(C(C)C)cccc2C(C)C)cc1. The van der Waals surface area contributed by atoms with Crippen LogP contribution in [0.15, 0.2) is 89.9 Å². The fourth-order valence-corrected chi connectivity index (χ4v) is 6.00. The lowest BCUT2D eigenvalue weighted by Gasteiger charge is -2.19. The Labute approximate surface area is 246 Å². The molecule has 4 rings (SSSR count). The minimum Gasteiger partial charge on any atom is -0.391 e. The second-order valence-electron chi connectivity index (χ2n) is 11.8. The van der Waals surface area contributed by atoms with Gasteiger partial charge in [-0.1, -0.05) is 98.4 Å². The maximum Gasteiger partial charge on any atom is 0.472 e. The monoisotopic (exact) mass is 571 g/mol. The third-order valence-electron chi connectivity index (χ3n) is 7.52. The Bertz CT molecular complexity index is 1510. The Kier molecular flexibility index (Phi) is 8.93. The smallest absolute Gasteiger partial charge is 0.391 e. The summed E-state index contributed by atoms with van der Waals surface area (Å²) >= 11 is 0. The van der Waals surface area contributed by atoms with Crippen LogP contribution in [0.1, 0.15) is 101 Å².